The molecule has 1 N–H and O–H groups in total. The molecule has 0 radical (unpaired) electrons. The number of rotatable bonds is 6. The van der Waals surface area contributed by atoms with Crippen LogP contribution in [-0.4, -0.2) is 25.2 Å². The van der Waals surface area contributed by atoms with E-state index in [1.807, 2.05) is 13.8 Å². The summed E-state index contributed by atoms with van der Waals surface area (Å²) in [6, 6.07) is 7.11. The Bertz CT molecular complexity index is 306. The molecule has 0 saturated heterocycles. The fourth-order valence-corrected chi connectivity index (χ4v) is 3.19. The maximum absolute atomic E-state index is 10.3. The molecular weight excluding hydrogens is 227 g/mol. The first-order valence-corrected chi connectivity index (χ1v) is 7.07. The predicted octanol–water partition coefficient (Wildman–Crippen LogP) is 1.88. The van der Waals surface area contributed by atoms with Gasteiger partial charge in [-0.05, 0) is 0 Å². The third kappa shape index (κ3) is 3.16. The molecule has 0 saturated carbocycles. The monoisotopic (exact) mass is 246 g/mol. The second-order valence-corrected chi connectivity index (χ2v) is 5.49. The molecule has 0 spiro atoms. The minimum absolute atomic E-state index is 0.425. The first kappa shape index (κ1) is 13.4. The van der Waals surface area contributed by atoms with Crippen LogP contribution in [-0.2, 0) is 9.05 Å². The number of ether oxygens (including phenoxy) is 1. The summed E-state index contributed by atoms with van der Waals surface area (Å²) < 4.78 is 15.8. The topological polar surface area (TPSA) is 47.9 Å². The van der Waals surface area contributed by atoms with Crippen molar-refractivity contribution in [1.29, 1.82) is 0 Å². The van der Waals surface area contributed by atoms with Crippen LogP contribution in [0.25, 0.3) is 0 Å². The van der Waals surface area contributed by atoms with Gasteiger partial charge in [0.25, 0.3) is 0 Å². The number of methoxy groups -OCH3 is 1. The van der Waals surface area contributed by atoms with Crippen molar-refractivity contribution in [3.63, 3.8) is 0 Å². The van der Waals surface area contributed by atoms with E-state index < -0.39 is 7.94 Å². The van der Waals surface area contributed by atoms with E-state index in [-0.39, 0.29) is 0 Å². The standard InChI is InChI=1S/C11H19O4P/c1-4-14-16(12,15-5-2)11-8-6-10(13-3)7-9-11/h6-9,12,16H,4-5H2,1-3H3. The van der Waals surface area contributed by atoms with E-state index in [1.165, 1.54) is 0 Å². The van der Waals surface area contributed by atoms with E-state index in [2.05, 4.69) is 0 Å². The maximum atomic E-state index is 10.3. The van der Waals surface area contributed by atoms with E-state index >= 15 is 0 Å². The average molecular weight is 246 g/mol. The van der Waals surface area contributed by atoms with Crippen molar-refractivity contribution in [2.75, 3.05) is 20.3 Å². The van der Waals surface area contributed by atoms with Gasteiger partial charge in [0.2, 0.25) is 0 Å². The second-order valence-electron chi connectivity index (χ2n) is 3.18. The quantitative estimate of drug-likeness (QED) is 0.778. The second kappa shape index (κ2) is 6.16. The van der Waals surface area contributed by atoms with Gasteiger partial charge in [-0.25, -0.2) is 0 Å². The molecule has 0 aliphatic rings. The molecule has 1 aromatic carbocycles. The molecule has 1 rings (SSSR count). The molecule has 1 aromatic rings. The van der Waals surface area contributed by atoms with Crippen LogP contribution in [0.2, 0.25) is 0 Å². The minimum atomic E-state index is -3.22. The predicted molar refractivity (Wildman–Crippen MR) is 66.4 cm³/mol. The summed E-state index contributed by atoms with van der Waals surface area (Å²) in [5.74, 6) is 0.744. The molecule has 92 valence electrons. The van der Waals surface area contributed by atoms with Gasteiger partial charge in [-0.3, -0.25) is 0 Å². The molecule has 0 aliphatic carbocycles. The number of hydrogen-bond acceptors (Lipinski definition) is 4. The molecule has 0 heterocycles. The van der Waals surface area contributed by atoms with Crippen molar-refractivity contribution < 1.29 is 18.7 Å². The molecule has 0 aromatic heterocycles. The van der Waals surface area contributed by atoms with Crippen molar-refractivity contribution >= 4 is 13.2 Å². The van der Waals surface area contributed by atoms with E-state index in [1.54, 1.807) is 31.4 Å². The van der Waals surface area contributed by atoms with Crippen molar-refractivity contribution in [2.24, 2.45) is 0 Å². The zero-order valence-corrected chi connectivity index (χ0v) is 10.9. The summed E-state index contributed by atoms with van der Waals surface area (Å²) in [6.07, 6.45) is 0. The van der Waals surface area contributed by atoms with Gasteiger partial charge in [0.05, 0.1) is 0 Å². The van der Waals surface area contributed by atoms with Crippen molar-refractivity contribution in [2.45, 2.75) is 13.8 Å². The summed E-state index contributed by atoms with van der Waals surface area (Å²) in [6.45, 7) is 4.52. The van der Waals surface area contributed by atoms with Gasteiger partial charge < -0.3 is 0 Å². The Labute approximate surface area is 96.7 Å². The average Bonchev–Trinajstić information content (AvgIpc) is 2.30. The zero-order chi connectivity index (χ0) is 12.0. The van der Waals surface area contributed by atoms with E-state index in [9.17, 15) is 4.89 Å². The molecule has 0 aliphatic heterocycles. The third-order valence-corrected chi connectivity index (χ3v) is 4.56. The first-order chi connectivity index (χ1) is 7.66. The first-order valence-electron chi connectivity index (χ1n) is 5.31. The van der Waals surface area contributed by atoms with Gasteiger partial charge in [-0.1, -0.05) is 0 Å². The van der Waals surface area contributed by atoms with Crippen LogP contribution >= 0.6 is 7.94 Å². The van der Waals surface area contributed by atoms with E-state index in [4.69, 9.17) is 13.8 Å². The van der Waals surface area contributed by atoms with Crippen LogP contribution in [0.3, 0.4) is 0 Å². The van der Waals surface area contributed by atoms with Gasteiger partial charge in [-0.15, -0.1) is 0 Å². The molecule has 0 bridgehead atoms. The van der Waals surface area contributed by atoms with Crippen LogP contribution in [0.5, 0.6) is 5.75 Å². The van der Waals surface area contributed by atoms with Crippen LogP contribution in [0.4, 0.5) is 0 Å². The Kier molecular flexibility index (Phi) is 5.16. The Morgan fingerprint density at radius 2 is 1.56 bits per heavy atom. The fraction of sp³-hybridized carbons (Fsp3) is 0.455. The third-order valence-electron chi connectivity index (χ3n) is 2.13. The molecular formula is C11H19O4P. The molecule has 16 heavy (non-hydrogen) atoms. The molecule has 0 amide bonds. The molecule has 4 nitrogen and oxygen atoms in total. The van der Waals surface area contributed by atoms with Crippen molar-refractivity contribution in [3.8, 4) is 5.75 Å². The Balaban J connectivity index is 2.91. The van der Waals surface area contributed by atoms with Crippen molar-refractivity contribution in [1.82, 2.24) is 0 Å². The van der Waals surface area contributed by atoms with Crippen LogP contribution in [0.15, 0.2) is 24.3 Å². The van der Waals surface area contributed by atoms with E-state index in [0.29, 0.717) is 18.5 Å². The Hall–Kier alpha value is -0.670. The Morgan fingerprint density at radius 3 is 1.94 bits per heavy atom. The van der Waals surface area contributed by atoms with Gasteiger partial charge in [0, 0.05) is 0 Å². The molecule has 0 fully saturated rings. The number of benzene rings is 1. The summed E-state index contributed by atoms with van der Waals surface area (Å²) in [5, 5.41) is 0.692. The van der Waals surface area contributed by atoms with Crippen LogP contribution in [0.1, 0.15) is 13.8 Å². The number of hydrogen-bond donors (Lipinski definition) is 1. The zero-order valence-electron chi connectivity index (χ0n) is 9.90. The Morgan fingerprint density at radius 1 is 1.06 bits per heavy atom. The summed E-state index contributed by atoms with van der Waals surface area (Å²) in [7, 11) is -1.62. The molecule has 0 atom stereocenters. The van der Waals surface area contributed by atoms with Crippen LogP contribution in [0, 0.1) is 0 Å². The summed E-state index contributed by atoms with van der Waals surface area (Å²) in [5.41, 5.74) is 0. The summed E-state index contributed by atoms with van der Waals surface area (Å²) >= 11 is 0. The van der Waals surface area contributed by atoms with Crippen molar-refractivity contribution in [3.05, 3.63) is 24.3 Å². The van der Waals surface area contributed by atoms with Crippen LogP contribution < -0.4 is 10.0 Å². The van der Waals surface area contributed by atoms with Gasteiger partial charge in [-0.2, -0.15) is 0 Å². The van der Waals surface area contributed by atoms with Gasteiger partial charge >= 0.3 is 96.1 Å². The SMILES string of the molecule is CCO[PH](O)(OCC)c1ccc(OC)cc1. The normalized spacial score (nSPS) is 12.5. The van der Waals surface area contributed by atoms with E-state index in [0.717, 1.165) is 5.75 Å². The van der Waals surface area contributed by atoms with Gasteiger partial charge in [0.1, 0.15) is 0 Å². The fourth-order valence-electron chi connectivity index (χ4n) is 1.40. The molecule has 5 heteroatoms. The molecule has 0 unspecified atom stereocenters. The summed E-state index contributed by atoms with van der Waals surface area (Å²) in [4.78, 5) is 10.3. The van der Waals surface area contributed by atoms with Gasteiger partial charge in [0.15, 0.2) is 0 Å².